The Kier molecular flexibility index (Phi) is 3.73. The second kappa shape index (κ2) is 4.83. The van der Waals surface area contributed by atoms with E-state index >= 15 is 0 Å². The van der Waals surface area contributed by atoms with Gasteiger partial charge in [-0.25, -0.2) is 8.78 Å². The topological polar surface area (TPSA) is 20.2 Å². The molecule has 0 unspecified atom stereocenters. The van der Waals surface area contributed by atoms with Crippen LogP contribution in [0.15, 0.2) is 12.1 Å². The maximum absolute atomic E-state index is 13.0. The van der Waals surface area contributed by atoms with Crippen LogP contribution in [0.2, 0.25) is 0 Å². The maximum atomic E-state index is 13.0. The number of phenols is 1. The van der Waals surface area contributed by atoms with Crippen LogP contribution in [0, 0.1) is 23.5 Å². The lowest BCUT2D eigenvalue weighted by atomic mass is 10.2. The Hall–Kier alpha value is -1.27. The predicted molar refractivity (Wildman–Crippen MR) is 50.2 cm³/mol. The molecule has 0 aliphatic rings. The Labute approximate surface area is 85.3 Å². The van der Waals surface area contributed by atoms with Crippen molar-refractivity contribution in [3.8, 4) is 17.6 Å². The van der Waals surface area contributed by atoms with Crippen LogP contribution in [-0.2, 0) is 0 Å². The van der Waals surface area contributed by atoms with Crippen molar-refractivity contribution in [1.29, 1.82) is 0 Å². The van der Waals surface area contributed by atoms with Crippen LogP contribution in [0.4, 0.5) is 8.78 Å². The number of halogens is 3. The first-order valence-corrected chi connectivity index (χ1v) is 4.41. The molecule has 0 atom stereocenters. The highest BCUT2D eigenvalue weighted by molar-refractivity contribution is 6.18. The summed E-state index contributed by atoms with van der Waals surface area (Å²) in [6, 6.07) is 1.63. The SMILES string of the molecule is Oc1cc(F)c(C#CCCCl)c(F)c1. The maximum Gasteiger partial charge on any atom is 0.145 e. The van der Waals surface area contributed by atoms with Crippen molar-refractivity contribution < 1.29 is 13.9 Å². The largest absolute Gasteiger partial charge is 0.508 e. The summed E-state index contributed by atoms with van der Waals surface area (Å²) in [6.07, 6.45) is 0.362. The Balaban J connectivity index is 3.04. The van der Waals surface area contributed by atoms with Crippen molar-refractivity contribution in [2.24, 2.45) is 0 Å². The second-order valence-corrected chi connectivity index (χ2v) is 2.90. The molecule has 0 amide bonds. The summed E-state index contributed by atoms with van der Waals surface area (Å²) in [5, 5.41) is 8.84. The van der Waals surface area contributed by atoms with Gasteiger partial charge in [-0.3, -0.25) is 0 Å². The van der Waals surface area contributed by atoms with Gasteiger partial charge in [-0.15, -0.1) is 11.6 Å². The van der Waals surface area contributed by atoms with Crippen LogP contribution < -0.4 is 0 Å². The number of rotatable bonds is 1. The number of phenolic OH excluding ortho intramolecular Hbond substituents is 1. The zero-order chi connectivity index (χ0) is 10.6. The average Bonchev–Trinajstić information content (AvgIpc) is 2.09. The molecule has 0 aliphatic heterocycles. The Morgan fingerprint density at radius 1 is 1.29 bits per heavy atom. The lowest BCUT2D eigenvalue weighted by Gasteiger charge is -1.97. The summed E-state index contributed by atoms with van der Waals surface area (Å²) < 4.78 is 26.0. The van der Waals surface area contributed by atoms with Gasteiger partial charge in [0.2, 0.25) is 0 Å². The molecule has 0 heterocycles. The van der Waals surface area contributed by atoms with Crippen molar-refractivity contribution in [3.63, 3.8) is 0 Å². The molecule has 0 saturated carbocycles. The van der Waals surface area contributed by atoms with E-state index in [0.29, 0.717) is 12.3 Å². The normalized spacial score (nSPS) is 9.36. The predicted octanol–water partition coefficient (Wildman–Crippen LogP) is 2.65. The van der Waals surface area contributed by atoms with E-state index in [-0.39, 0.29) is 5.56 Å². The molecular weight excluding hydrogens is 210 g/mol. The van der Waals surface area contributed by atoms with E-state index in [1.165, 1.54) is 0 Å². The lowest BCUT2D eigenvalue weighted by molar-refractivity contribution is 0.459. The number of hydrogen-bond acceptors (Lipinski definition) is 1. The van der Waals surface area contributed by atoms with Crippen molar-refractivity contribution in [1.82, 2.24) is 0 Å². The molecule has 1 aromatic rings. The van der Waals surface area contributed by atoms with Gasteiger partial charge in [-0.2, -0.15) is 0 Å². The standard InChI is InChI=1S/C10H7ClF2O/c11-4-2-1-3-8-9(12)5-7(14)6-10(8)13/h5-6,14H,2,4H2. The van der Waals surface area contributed by atoms with Gasteiger partial charge in [0.15, 0.2) is 0 Å². The van der Waals surface area contributed by atoms with Crippen LogP contribution in [-0.4, -0.2) is 11.0 Å². The zero-order valence-electron chi connectivity index (χ0n) is 7.15. The van der Waals surface area contributed by atoms with E-state index in [9.17, 15) is 8.78 Å². The van der Waals surface area contributed by atoms with Crippen LogP contribution in [0.3, 0.4) is 0 Å². The van der Waals surface area contributed by atoms with Crippen molar-refractivity contribution in [2.75, 3.05) is 5.88 Å². The minimum atomic E-state index is -0.871. The molecule has 0 spiro atoms. The van der Waals surface area contributed by atoms with Crippen LogP contribution in [0.1, 0.15) is 12.0 Å². The summed E-state index contributed by atoms with van der Waals surface area (Å²) in [5.41, 5.74) is -0.340. The smallest absolute Gasteiger partial charge is 0.145 e. The van der Waals surface area contributed by atoms with Crippen molar-refractivity contribution >= 4 is 11.6 Å². The third kappa shape index (κ3) is 2.61. The monoisotopic (exact) mass is 216 g/mol. The number of hydrogen-bond donors (Lipinski definition) is 1. The zero-order valence-corrected chi connectivity index (χ0v) is 7.91. The molecule has 0 fully saturated rings. The summed E-state index contributed by atoms with van der Waals surface area (Å²) >= 11 is 5.34. The molecule has 0 aromatic heterocycles. The van der Waals surface area contributed by atoms with Gasteiger partial charge in [0.25, 0.3) is 0 Å². The Morgan fingerprint density at radius 3 is 2.36 bits per heavy atom. The van der Waals surface area contributed by atoms with Gasteiger partial charge in [0.1, 0.15) is 17.4 Å². The fourth-order valence-electron chi connectivity index (χ4n) is 0.877. The van der Waals surface area contributed by atoms with Gasteiger partial charge in [-0.1, -0.05) is 11.8 Å². The molecule has 1 rings (SSSR count). The fraction of sp³-hybridized carbons (Fsp3) is 0.200. The van der Waals surface area contributed by atoms with Crippen LogP contribution in [0.5, 0.6) is 5.75 Å². The third-order valence-electron chi connectivity index (χ3n) is 1.46. The summed E-state index contributed by atoms with van der Waals surface area (Å²) in [7, 11) is 0. The van der Waals surface area contributed by atoms with Gasteiger partial charge in [0, 0.05) is 24.4 Å². The van der Waals surface area contributed by atoms with Crippen LogP contribution >= 0.6 is 11.6 Å². The highest BCUT2D eigenvalue weighted by atomic mass is 35.5. The lowest BCUT2D eigenvalue weighted by Crippen LogP contribution is -1.89. The first-order valence-electron chi connectivity index (χ1n) is 3.88. The minimum absolute atomic E-state index is 0.314. The van der Waals surface area contributed by atoms with Gasteiger partial charge in [0.05, 0.1) is 5.56 Å². The summed E-state index contributed by atoms with van der Waals surface area (Å²) in [6.45, 7) is 0. The molecule has 74 valence electrons. The van der Waals surface area contributed by atoms with E-state index in [4.69, 9.17) is 16.7 Å². The molecule has 1 nitrogen and oxygen atoms in total. The van der Waals surface area contributed by atoms with E-state index in [1.807, 2.05) is 0 Å². The Bertz CT molecular complexity index is 370. The highest BCUT2D eigenvalue weighted by Crippen LogP contribution is 2.18. The summed E-state index contributed by atoms with van der Waals surface area (Å²) in [4.78, 5) is 0. The summed E-state index contributed by atoms with van der Waals surface area (Å²) in [5.74, 6) is 2.94. The van der Waals surface area contributed by atoms with Crippen LogP contribution in [0.25, 0.3) is 0 Å². The number of aromatic hydroxyl groups is 1. The Morgan fingerprint density at radius 2 is 1.86 bits per heavy atom. The molecule has 4 heteroatoms. The van der Waals surface area contributed by atoms with Crippen molar-refractivity contribution in [2.45, 2.75) is 6.42 Å². The van der Waals surface area contributed by atoms with Gasteiger partial charge in [-0.05, 0) is 0 Å². The van der Waals surface area contributed by atoms with Crippen molar-refractivity contribution in [3.05, 3.63) is 29.3 Å². The number of benzene rings is 1. The van der Waals surface area contributed by atoms with E-state index in [1.54, 1.807) is 0 Å². The quantitative estimate of drug-likeness (QED) is 0.565. The molecule has 1 aromatic carbocycles. The molecule has 0 bridgehead atoms. The molecule has 1 N–H and O–H groups in total. The molecule has 14 heavy (non-hydrogen) atoms. The number of alkyl halides is 1. The molecular formula is C10H7ClF2O. The molecule has 0 radical (unpaired) electrons. The van der Waals surface area contributed by atoms with Gasteiger partial charge < -0.3 is 5.11 Å². The first kappa shape index (κ1) is 10.8. The van der Waals surface area contributed by atoms with E-state index in [2.05, 4.69) is 11.8 Å². The van der Waals surface area contributed by atoms with E-state index < -0.39 is 17.4 Å². The van der Waals surface area contributed by atoms with E-state index in [0.717, 1.165) is 12.1 Å². The molecule has 0 saturated heterocycles. The molecule has 0 aliphatic carbocycles. The average molecular weight is 217 g/mol. The fourth-order valence-corrected chi connectivity index (χ4v) is 0.972. The first-order chi connectivity index (χ1) is 6.65. The third-order valence-corrected chi connectivity index (χ3v) is 1.65. The second-order valence-electron chi connectivity index (χ2n) is 2.53. The highest BCUT2D eigenvalue weighted by Gasteiger charge is 2.07. The van der Waals surface area contributed by atoms with Gasteiger partial charge >= 0.3 is 0 Å². The minimum Gasteiger partial charge on any atom is -0.508 e.